The van der Waals surface area contributed by atoms with Gasteiger partial charge in [0.25, 0.3) is 0 Å². The molecule has 0 aliphatic carbocycles. The number of esters is 1. The number of methoxy groups -OCH3 is 1. The Kier molecular flexibility index (Phi) is 20.0. The molecule has 0 saturated carbocycles. The van der Waals surface area contributed by atoms with Crippen LogP contribution < -0.4 is 11.1 Å². The van der Waals surface area contributed by atoms with Crippen LogP contribution in [0.5, 0.6) is 0 Å². The van der Waals surface area contributed by atoms with E-state index in [2.05, 4.69) is 22.0 Å². The largest absolute Gasteiger partial charge is 0.469 e. The summed E-state index contributed by atoms with van der Waals surface area (Å²) in [5.74, 6) is 0.398. The first kappa shape index (κ1) is 23.7. The van der Waals surface area contributed by atoms with Crippen molar-refractivity contribution in [2.24, 2.45) is 10.7 Å². The summed E-state index contributed by atoms with van der Waals surface area (Å²) in [5.41, 5.74) is 5.79. The summed E-state index contributed by atoms with van der Waals surface area (Å²) in [6.07, 6.45) is 11.0. The van der Waals surface area contributed by atoms with Crippen molar-refractivity contribution < 1.29 is 9.53 Å². The molecule has 132 valence electrons. The maximum Gasteiger partial charge on any atom is 0.305 e. The van der Waals surface area contributed by atoms with Crippen molar-refractivity contribution in [2.45, 2.75) is 71.1 Å². The molecule has 22 heavy (non-hydrogen) atoms. The predicted octanol–water partition coefficient (Wildman–Crippen LogP) is 3.60. The van der Waals surface area contributed by atoms with Crippen LogP contribution in [-0.2, 0) is 9.53 Å². The van der Waals surface area contributed by atoms with E-state index >= 15 is 0 Å². The first-order chi connectivity index (χ1) is 10.2. The van der Waals surface area contributed by atoms with Gasteiger partial charge in [0.1, 0.15) is 0 Å². The number of carbonyl (C=O) groups is 1. The Morgan fingerprint density at radius 3 is 2.36 bits per heavy atom. The number of carbonyl (C=O) groups excluding carboxylic acids is 1. The third-order valence-electron chi connectivity index (χ3n) is 3.39. The van der Waals surface area contributed by atoms with Crippen LogP contribution in [0.4, 0.5) is 0 Å². The van der Waals surface area contributed by atoms with Gasteiger partial charge in [0, 0.05) is 19.5 Å². The molecular weight excluding hydrogens is 393 g/mol. The molecule has 0 amide bonds. The highest BCUT2D eigenvalue weighted by Gasteiger charge is 1.98. The van der Waals surface area contributed by atoms with Crippen LogP contribution in [0, 0.1) is 0 Å². The number of unbranched alkanes of at least 4 members (excludes halogenated alkanes) is 7. The number of ether oxygens (including phenoxy) is 1. The van der Waals surface area contributed by atoms with Gasteiger partial charge in [-0.15, -0.1) is 24.0 Å². The molecule has 0 radical (unpaired) electrons. The van der Waals surface area contributed by atoms with Crippen molar-refractivity contribution in [2.75, 3.05) is 20.2 Å². The zero-order valence-electron chi connectivity index (χ0n) is 14.2. The molecule has 0 aromatic rings. The Morgan fingerprint density at radius 2 is 1.68 bits per heavy atom. The van der Waals surface area contributed by atoms with Crippen LogP contribution in [0.1, 0.15) is 71.1 Å². The van der Waals surface area contributed by atoms with Gasteiger partial charge in [0.15, 0.2) is 5.96 Å². The number of aliphatic imine (C=N–C) groups is 1. The van der Waals surface area contributed by atoms with E-state index in [1.807, 2.05) is 0 Å². The van der Waals surface area contributed by atoms with Crippen LogP contribution in [0.25, 0.3) is 0 Å². The topological polar surface area (TPSA) is 76.7 Å². The molecule has 0 aliphatic rings. The fraction of sp³-hybridized carbons (Fsp3) is 0.875. The molecule has 0 aromatic heterocycles. The summed E-state index contributed by atoms with van der Waals surface area (Å²) >= 11 is 0. The van der Waals surface area contributed by atoms with Gasteiger partial charge in [0.2, 0.25) is 0 Å². The van der Waals surface area contributed by atoms with Crippen molar-refractivity contribution in [3.63, 3.8) is 0 Å². The van der Waals surface area contributed by atoms with Gasteiger partial charge in [-0.1, -0.05) is 45.4 Å². The second kappa shape index (κ2) is 18.5. The number of nitrogens with zero attached hydrogens (tertiary/aromatic N) is 1. The van der Waals surface area contributed by atoms with Crippen molar-refractivity contribution in [3.8, 4) is 0 Å². The Hall–Kier alpha value is -0.530. The van der Waals surface area contributed by atoms with Crippen molar-refractivity contribution in [1.82, 2.24) is 5.32 Å². The van der Waals surface area contributed by atoms with Gasteiger partial charge < -0.3 is 15.8 Å². The maximum atomic E-state index is 10.9. The lowest BCUT2D eigenvalue weighted by Crippen LogP contribution is -2.32. The molecule has 0 unspecified atom stereocenters. The number of halogens is 1. The highest BCUT2D eigenvalue weighted by molar-refractivity contribution is 14.0. The van der Waals surface area contributed by atoms with Crippen LogP contribution in [0.15, 0.2) is 4.99 Å². The molecule has 0 aliphatic heterocycles. The number of hydrogen-bond acceptors (Lipinski definition) is 3. The molecule has 0 fully saturated rings. The van der Waals surface area contributed by atoms with Crippen LogP contribution in [0.2, 0.25) is 0 Å². The molecule has 0 aromatic carbocycles. The van der Waals surface area contributed by atoms with E-state index < -0.39 is 0 Å². The van der Waals surface area contributed by atoms with Gasteiger partial charge in [0.05, 0.1) is 7.11 Å². The molecule has 3 N–H and O–H groups in total. The molecule has 0 atom stereocenters. The molecule has 0 heterocycles. The highest BCUT2D eigenvalue weighted by atomic mass is 127. The lowest BCUT2D eigenvalue weighted by molar-refractivity contribution is -0.140. The zero-order chi connectivity index (χ0) is 15.8. The molecular formula is C16H34IN3O2. The summed E-state index contributed by atoms with van der Waals surface area (Å²) in [7, 11) is 1.42. The summed E-state index contributed by atoms with van der Waals surface area (Å²) < 4.78 is 4.58. The number of nitrogens with one attached hydrogen (secondary N) is 1. The Labute approximate surface area is 152 Å². The predicted molar refractivity (Wildman–Crippen MR) is 104 cm³/mol. The summed E-state index contributed by atoms with van der Waals surface area (Å²) in [6.45, 7) is 3.86. The van der Waals surface area contributed by atoms with Gasteiger partial charge in [-0.25, -0.2) is 0 Å². The first-order valence-electron chi connectivity index (χ1n) is 8.31. The monoisotopic (exact) mass is 427 g/mol. The smallest absolute Gasteiger partial charge is 0.305 e. The molecule has 5 nitrogen and oxygen atoms in total. The average molecular weight is 427 g/mol. The normalized spacial score (nSPS) is 10.9. The third kappa shape index (κ3) is 17.5. The van der Waals surface area contributed by atoms with E-state index in [0.29, 0.717) is 12.4 Å². The van der Waals surface area contributed by atoms with E-state index in [1.165, 1.54) is 39.2 Å². The Bertz CT molecular complexity index is 287. The Morgan fingerprint density at radius 1 is 1.05 bits per heavy atom. The highest BCUT2D eigenvalue weighted by Crippen LogP contribution is 2.04. The minimum absolute atomic E-state index is 0. The molecule has 0 rings (SSSR count). The van der Waals surface area contributed by atoms with Gasteiger partial charge in [-0.3, -0.25) is 9.79 Å². The van der Waals surface area contributed by atoms with E-state index in [0.717, 1.165) is 38.8 Å². The fourth-order valence-corrected chi connectivity index (χ4v) is 2.04. The van der Waals surface area contributed by atoms with Crippen LogP contribution in [-0.4, -0.2) is 32.1 Å². The van der Waals surface area contributed by atoms with Crippen molar-refractivity contribution >= 4 is 35.9 Å². The van der Waals surface area contributed by atoms with E-state index in [4.69, 9.17) is 5.73 Å². The summed E-state index contributed by atoms with van der Waals surface area (Å²) in [4.78, 5) is 15.2. The molecule has 6 heteroatoms. The zero-order valence-corrected chi connectivity index (χ0v) is 16.6. The molecule has 0 saturated heterocycles. The number of rotatable bonds is 13. The minimum atomic E-state index is -0.140. The molecule has 0 bridgehead atoms. The number of guanidine groups is 1. The average Bonchev–Trinajstić information content (AvgIpc) is 2.49. The van der Waals surface area contributed by atoms with Gasteiger partial charge >= 0.3 is 5.97 Å². The second-order valence-corrected chi connectivity index (χ2v) is 5.35. The van der Waals surface area contributed by atoms with Crippen LogP contribution >= 0.6 is 24.0 Å². The van der Waals surface area contributed by atoms with Crippen molar-refractivity contribution in [1.29, 1.82) is 0 Å². The molecule has 0 spiro atoms. The number of nitrogens with two attached hydrogens (primary N) is 1. The second-order valence-electron chi connectivity index (χ2n) is 5.35. The quantitative estimate of drug-likeness (QED) is 0.155. The summed E-state index contributed by atoms with van der Waals surface area (Å²) in [5, 5.41) is 3.15. The van der Waals surface area contributed by atoms with E-state index in [-0.39, 0.29) is 29.9 Å². The Balaban J connectivity index is 0. The number of hydrogen-bond donors (Lipinski definition) is 2. The fourth-order valence-electron chi connectivity index (χ4n) is 2.04. The van der Waals surface area contributed by atoms with Crippen molar-refractivity contribution in [3.05, 3.63) is 0 Å². The maximum absolute atomic E-state index is 10.9. The van der Waals surface area contributed by atoms with Gasteiger partial charge in [-0.2, -0.15) is 0 Å². The lowest BCUT2D eigenvalue weighted by Gasteiger charge is -2.05. The van der Waals surface area contributed by atoms with Gasteiger partial charge in [-0.05, 0) is 19.3 Å². The summed E-state index contributed by atoms with van der Waals surface area (Å²) in [6, 6.07) is 0. The first-order valence-corrected chi connectivity index (χ1v) is 8.31. The minimum Gasteiger partial charge on any atom is -0.469 e. The standard InChI is InChI=1S/C16H33N3O2.HI/c1-3-4-5-6-7-10-13-18-16(17)19-14-11-8-9-12-15(20)21-2;/h3-14H2,1-2H3,(H3,17,18,19);1H. The van der Waals surface area contributed by atoms with Crippen LogP contribution in [0.3, 0.4) is 0 Å². The van der Waals surface area contributed by atoms with E-state index in [9.17, 15) is 4.79 Å². The third-order valence-corrected chi connectivity index (χ3v) is 3.39. The van der Waals surface area contributed by atoms with E-state index in [1.54, 1.807) is 0 Å². The lowest BCUT2D eigenvalue weighted by atomic mass is 10.1. The SMILES string of the molecule is CCCCCCCCNC(N)=NCCCCCC(=O)OC.I.